The maximum atomic E-state index is 4.38. The van der Waals surface area contributed by atoms with Crippen molar-refractivity contribution >= 4 is 11.6 Å². The van der Waals surface area contributed by atoms with Crippen LogP contribution in [0.25, 0.3) is 0 Å². The van der Waals surface area contributed by atoms with Crippen LogP contribution in [-0.4, -0.2) is 22.6 Å². The van der Waals surface area contributed by atoms with Gasteiger partial charge in [-0.05, 0) is 26.2 Å². The van der Waals surface area contributed by atoms with E-state index >= 15 is 0 Å². The molecule has 0 saturated heterocycles. The van der Waals surface area contributed by atoms with Gasteiger partial charge in [0.1, 0.15) is 18.0 Å². The minimum absolute atomic E-state index is 0.433. The summed E-state index contributed by atoms with van der Waals surface area (Å²) in [4.78, 5) is 8.68. The Balaban J connectivity index is 2.78. The van der Waals surface area contributed by atoms with E-state index in [1.807, 2.05) is 0 Å². The molecule has 0 bridgehead atoms. The SMILES string of the molecule is CCCNc1ncnc(NC(C)C(CC)CC)c1C. The molecule has 2 N–H and O–H groups in total. The van der Waals surface area contributed by atoms with Gasteiger partial charge in [-0.15, -0.1) is 0 Å². The predicted molar refractivity (Wildman–Crippen MR) is 82.7 cm³/mol. The van der Waals surface area contributed by atoms with Crippen LogP contribution in [0.4, 0.5) is 11.6 Å². The smallest absolute Gasteiger partial charge is 0.134 e. The second-order valence-electron chi connectivity index (χ2n) is 5.13. The van der Waals surface area contributed by atoms with Gasteiger partial charge in [-0.2, -0.15) is 0 Å². The molecule has 0 saturated carbocycles. The van der Waals surface area contributed by atoms with E-state index in [-0.39, 0.29) is 0 Å². The number of rotatable bonds is 8. The normalized spacial score (nSPS) is 12.5. The third-order valence-electron chi connectivity index (χ3n) is 3.75. The molecule has 108 valence electrons. The monoisotopic (exact) mass is 264 g/mol. The first-order chi connectivity index (χ1) is 9.13. The van der Waals surface area contributed by atoms with Gasteiger partial charge in [-0.3, -0.25) is 0 Å². The first-order valence-electron chi connectivity index (χ1n) is 7.45. The van der Waals surface area contributed by atoms with Crippen molar-refractivity contribution in [1.29, 1.82) is 0 Å². The summed E-state index contributed by atoms with van der Waals surface area (Å²) in [6.45, 7) is 11.9. The van der Waals surface area contributed by atoms with E-state index < -0.39 is 0 Å². The molecule has 4 nitrogen and oxygen atoms in total. The van der Waals surface area contributed by atoms with Gasteiger partial charge in [-0.1, -0.05) is 33.6 Å². The third-order valence-corrected chi connectivity index (χ3v) is 3.75. The quantitative estimate of drug-likeness (QED) is 0.749. The molecular formula is C15H28N4. The Morgan fingerprint density at radius 3 is 2.32 bits per heavy atom. The number of hydrogen-bond acceptors (Lipinski definition) is 4. The lowest BCUT2D eigenvalue weighted by Crippen LogP contribution is -2.26. The summed E-state index contributed by atoms with van der Waals surface area (Å²) in [5.41, 5.74) is 1.11. The largest absolute Gasteiger partial charge is 0.370 e. The van der Waals surface area contributed by atoms with E-state index in [9.17, 15) is 0 Å². The highest BCUT2D eigenvalue weighted by atomic mass is 15.1. The van der Waals surface area contributed by atoms with Crippen molar-refractivity contribution in [3.8, 4) is 0 Å². The van der Waals surface area contributed by atoms with Gasteiger partial charge in [0.25, 0.3) is 0 Å². The lowest BCUT2D eigenvalue weighted by Gasteiger charge is -2.24. The highest BCUT2D eigenvalue weighted by molar-refractivity contribution is 5.56. The van der Waals surface area contributed by atoms with Gasteiger partial charge in [0, 0.05) is 18.2 Å². The van der Waals surface area contributed by atoms with E-state index in [0.717, 1.165) is 30.2 Å². The van der Waals surface area contributed by atoms with Crippen molar-refractivity contribution < 1.29 is 0 Å². The summed E-state index contributed by atoms with van der Waals surface area (Å²) in [5.74, 6) is 2.57. The van der Waals surface area contributed by atoms with Crippen molar-refractivity contribution in [1.82, 2.24) is 9.97 Å². The molecule has 1 atom stereocenters. The molecule has 1 unspecified atom stereocenters. The topological polar surface area (TPSA) is 49.8 Å². The van der Waals surface area contributed by atoms with Crippen molar-refractivity contribution in [2.24, 2.45) is 5.92 Å². The fourth-order valence-electron chi connectivity index (χ4n) is 2.35. The molecule has 0 fully saturated rings. The summed E-state index contributed by atoms with van der Waals surface area (Å²) < 4.78 is 0. The Hall–Kier alpha value is -1.32. The molecule has 0 aromatic carbocycles. The zero-order chi connectivity index (χ0) is 14.3. The Morgan fingerprint density at radius 2 is 1.74 bits per heavy atom. The van der Waals surface area contributed by atoms with Gasteiger partial charge in [0.15, 0.2) is 0 Å². The molecule has 0 aliphatic carbocycles. The summed E-state index contributed by atoms with van der Waals surface area (Å²) >= 11 is 0. The molecular weight excluding hydrogens is 236 g/mol. The van der Waals surface area contributed by atoms with Crippen molar-refractivity contribution in [2.75, 3.05) is 17.2 Å². The number of hydrogen-bond donors (Lipinski definition) is 2. The molecule has 1 aromatic heterocycles. The lowest BCUT2D eigenvalue weighted by atomic mass is 9.95. The van der Waals surface area contributed by atoms with Crippen LogP contribution < -0.4 is 10.6 Å². The highest BCUT2D eigenvalue weighted by Gasteiger charge is 2.15. The van der Waals surface area contributed by atoms with Crippen LogP contribution in [0.15, 0.2) is 6.33 Å². The van der Waals surface area contributed by atoms with E-state index in [1.54, 1.807) is 6.33 Å². The Kier molecular flexibility index (Phi) is 6.60. The third kappa shape index (κ3) is 4.37. The van der Waals surface area contributed by atoms with Crippen LogP contribution in [-0.2, 0) is 0 Å². The van der Waals surface area contributed by atoms with Crippen LogP contribution in [0, 0.1) is 12.8 Å². The second kappa shape index (κ2) is 7.97. The molecule has 0 spiro atoms. The number of nitrogens with zero attached hydrogens (tertiary/aromatic N) is 2. The number of aromatic nitrogens is 2. The summed E-state index contributed by atoms with van der Waals surface area (Å²) in [6, 6.07) is 0.433. The number of anilines is 2. The van der Waals surface area contributed by atoms with E-state index in [1.165, 1.54) is 12.8 Å². The Bertz CT molecular complexity index is 374. The molecule has 1 aromatic rings. The first kappa shape index (κ1) is 15.7. The van der Waals surface area contributed by atoms with E-state index in [2.05, 4.69) is 55.2 Å². The minimum Gasteiger partial charge on any atom is -0.370 e. The maximum Gasteiger partial charge on any atom is 0.134 e. The Labute approximate surface area is 117 Å². The molecule has 0 aliphatic rings. The Morgan fingerprint density at radius 1 is 1.11 bits per heavy atom. The average molecular weight is 264 g/mol. The highest BCUT2D eigenvalue weighted by Crippen LogP contribution is 2.22. The first-order valence-corrected chi connectivity index (χ1v) is 7.45. The second-order valence-corrected chi connectivity index (χ2v) is 5.13. The van der Waals surface area contributed by atoms with Gasteiger partial charge in [0.2, 0.25) is 0 Å². The van der Waals surface area contributed by atoms with Gasteiger partial charge in [0.05, 0.1) is 0 Å². The lowest BCUT2D eigenvalue weighted by molar-refractivity contribution is 0.437. The van der Waals surface area contributed by atoms with Crippen molar-refractivity contribution in [3.05, 3.63) is 11.9 Å². The van der Waals surface area contributed by atoms with Crippen molar-refractivity contribution in [3.63, 3.8) is 0 Å². The fraction of sp³-hybridized carbons (Fsp3) is 0.733. The summed E-state index contributed by atoms with van der Waals surface area (Å²) in [5, 5.41) is 6.88. The van der Waals surface area contributed by atoms with Crippen LogP contribution >= 0.6 is 0 Å². The van der Waals surface area contributed by atoms with Crippen LogP contribution in [0.2, 0.25) is 0 Å². The summed E-state index contributed by atoms with van der Waals surface area (Å²) in [7, 11) is 0. The standard InChI is InChI=1S/C15H28N4/c1-6-9-16-14-11(4)15(18-10-17-14)19-12(5)13(7-2)8-3/h10,12-13H,6-9H2,1-5H3,(H2,16,17,18,19). The molecule has 0 aliphatic heterocycles. The maximum absolute atomic E-state index is 4.38. The minimum atomic E-state index is 0.433. The fourth-order valence-corrected chi connectivity index (χ4v) is 2.35. The van der Waals surface area contributed by atoms with Gasteiger partial charge < -0.3 is 10.6 Å². The van der Waals surface area contributed by atoms with Gasteiger partial charge in [-0.25, -0.2) is 9.97 Å². The zero-order valence-corrected chi connectivity index (χ0v) is 13.0. The van der Waals surface area contributed by atoms with E-state index in [0.29, 0.717) is 12.0 Å². The predicted octanol–water partition coefficient (Wildman–Crippen LogP) is 3.84. The molecule has 19 heavy (non-hydrogen) atoms. The van der Waals surface area contributed by atoms with Crippen LogP contribution in [0.5, 0.6) is 0 Å². The van der Waals surface area contributed by atoms with Crippen LogP contribution in [0.1, 0.15) is 52.5 Å². The number of nitrogens with one attached hydrogen (secondary N) is 2. The van der Waals surface area contributed by atoms with Crippen molar-refractivity contribution in [2.45, 2.75) is 59.9 Å². The molecule has 0 radical (unpaired) electrons. The molecule has 1 heterocycles. The molecule has 4 heteroatoms. The molecule has 1 rings (SSSR count). The van der Waals surface area contributed by atoms with Crippen LogP contribution in [0.3, 0.4) is 0 Å². The molecule has 0 amide bonds. The summed E-state index contributed by atoms with van der Waals surface area (Å²) in [6.07, 6.45) is 5.11. The van der Waals surface area contributed by atoms with Gasteiger partial charge >= 0.3 is 0 Å². The van der Waals surface area contributed by atoms with E-state index in [4.69, 9.17) is 0 Å². The average Bonchev–Trinajstić information content (AvgIpc) is 2.41. The zero-order valence-electron chi connectivity index (χ0n) is 13.0.